The minimum Gasteiger partial charge on any atom is -0.403 e. The SMILES string of the molecule is O=C1c2ccccc2C(=O)N1c1cc(-c2nc3ccccc3c(=O)o2)cc(-c2nc3ccccc3c(=O)o2)c1. The second-order valence-electron chi connectivity index (χ2n) is 8.91. The van der Waals surface area contributed by atoms with Gasteiger partial charge in [0, 0.05) is 11.1 Å². The van der Waals surface area contributed by atoms with E-state index in [1.807, 2.05) is 0 Å². The minimum absolute atomic E-state index is 0.0402. The fourth-order valence-corrected chi connectivity index (χ4v) is 4.70. The highest BCUT2D eigenvalue weighted by Crippen LogP contribution is 2.35. The Morgan fingerprint density at radius 1 is 0.538 bits per heavy atom. The van der Waals surface area contributed by atoms with Crippen LogP contribution in [0, 0.1) is 0 Å². The molecule has 0 fully saturated rings. The first-order valence-electron chi connectivity index (χ1n) is 11.9. The van der Waals surface area contributed by atoms with Gasteiger partial charge < -0.3 is 8.83 Å². The second kappa shape index (κ2) is 8.42. The third kappa shape index (κ3) is 3.56. The number of hydrogen-bond donors (Lipinski definition) is 0. The van der Waals surface area contributed by atoms with Crippen molar-refractivity contribution in [1.82, 2.24) is 9.97 Å². The van der Waals surface area contributed by atoms with Gasteiger partial charge in [0.25, 0.3) is 11.8 Å². The van der Waals surface area contributed by atoms with Crippen molar-refractivity contribution in [1.29, 1.82) is 0 Å². The highest BCUT2D eigenvalue weighted by Gasteiger charge is 2.37. The van der Waals surface area contributed by atoms with Gasteiger partial charge in [-0.05, 0) is 54.6 Å². The van der Waals surface area contributed by atoms with Gasteiger partial charge in [0.1, 0.15) is 0 Å². The molecule has 2 amide bonds. The lowest BCUT2D eigenvalue weighted by molar-refractivity contribution is 0.0926. The molecule has 2 aromatic heterocycles. The van der Waals surface area contributed by atoms with Gasteiger partial charge in [-0.2, -0.15) is 0 Å². The van der Waals surface area contributed by atoms with Crippen molar-refractivity contribution in [2.24, 2.45) is 0 Å². The number of hydrogen-bond acceptors (Lipinski definition) is 8. The standard InChI is InChI=1S/C30H15N3O6/c34-27-19-7-1-2-8-20(19)28(35)33(27)18-14-16(25-31-23-11-5-3-9-21(23)29(36)38-25)13-17(15-18)26-32-24-12-6-4-10-22(24)30(37)39-26/h1-15H. The van der Waals surface area contributed by atoms with E-state index >= 15 is 0 Å². The lowest BCUT2D eigenvalue weighted by atomic mass is 10.1. The Morgan fingerprint density at radius 2 is 0.974 bits per heavy atom. The summed E-state index contributed by atoms with van der Waals surface area (Å²) in [5.41, 5.74) is 0.874. The molecule has 1 aliphatic heterocycles. The number of imide groups is 1. The summed E-state index contributed by atoms with van der Waals surface area (Å²) in [7, 11) is 0. The summed E-state index contributed by atoms with van der Waals surface area (Å²) in [4.78, 5) is 62.0. The third-order valence-electron chi connectivity index (χ3n) is 6.53. The molecule has 0 atom stereocenters. The van der Waals surface area contributed by atoms with Crippen LogP contribution < -0.4 is 16.2 Å². The first-order valence-corrected chi connectivity index (χ1v) is 11.9. The zero-order chi connectivity index (χ0) is 26.7. The number of para-hydroxylation sites is 2. The van der Waals surface area contributed by atoms with E-state index in [-0.39, 0.29) is 39.7 Å². The first kappa shape index (κ1) is 22.5. The number of nitrogens with zero attached hydrogens (tertiary/aromatic N) is 3. The first-order chi connectivity index (χ1) is 19.0. The van der Waals surface area contributed by atoms with E-state index in [0.29, 0.717) is 21.8 Å². The molecule has 9 heteroatoms. The number of anilines is 1. The van der Waals surface area contributed by atoms with Gasteiger partial charge in [0.2, 0.25) is 11.8 Å². The Bertz CT molecular complexity index is 1980. The van der Waals surface area contributed by atoms with Gasteiger partial charge in [0.15, 0.2) is 0 Å². The monoisotopic (exact) mass is 513 g/mol. The Balaban J connectivity index is 1.48. The Labute approximate surface area is 218 Å². The molecule has 0 aliphatic carbocycles. The molecule has 39 heavy (non-hydrogen) atoms. The van der Waals surface area contributed by atoms with Gasteiger partial charge in [-0.3, -0.25) is 9.59 Å². The van der Waals surface area contributed by atoms with Gasteiger partial charge in [0.05, 0.1) is 38.6 Å². The predicted molar refractivity (Wildman–Crippen MR) is 143 cm³/mol. The molecule has 9 nitrogen and oxygen atoms in total. The van der Waals surface area contributed by atoms with Crippen LogP contribution in [-0.4, -0.2) is 21.8 Å². The molecule has 0 spiro atoms. The van der Waals surface area contributed by atoms with Crippen LogP contribution in [0.3, 0.4) is 0 Å². The number of amides is 2. The number of benzene rings is 4. The molecule has 0 radical (unpaired) electrons. The van der Waals surface area contributed by atoms with Crippen molar-refractivity contribution in [2.75, 3.05) is 4.90 Å². The third-order valence-corrected chi connectivity index (χ3v) is 6.53. The minimum atomic E-state index is -0.598. The zero-order valence-electron chi connectivity index (χ0n) is 20.0. The van der Waals surface area contributed by atoms with Crippen molar-refractivity contribution in [2.45, 2.75) is 0 Å². The van der Waals surface area contributed by atoms with Gasteiger partial charge >= 0.3 is 11.3 Å². The molecule has 4 aromatic carbocycles. The van der Waals surface area contributed by atoms with E-state index in [2.05, 4.69) is 9.97 Å². The Kier molecular flexibility index (Phi) is 4.86. The zero-order valence-corrected chi connectivity index (χ0v) is 20.0. The fourth-order valence-electron chi connectivity index (χ4n) is 4.70. The summed E-state index contributed by atoms with van der Waals surface area (Å²) >= 11 is 0. The molecule has 6 aromatic rings. The molecule has 0 bridgehead atoms. The van der Waals surface area contributed by atoms with Crippen LogP contribution in [0.4, 0.5) is 5.69 Å². The fraction of sp³-hybridized carbons (Fsp3) is 0. The van der Waals surface area contributed by atoms with E-state index in [1.165, 1.54) is 12.1 Å². The second-order valence-corrected chi connectivity index (χ2v) is 8.91. The van der Waals surface area contributed by atoms with Crippen LogP contribution in [0.15, 0.2) is 109 Å². The number of carbonyl (C=O) groups excluding carboxylic acids is 2. The molecular formula is C30H15N3O6. The number of aromatic nitrogens is 2. The summed E-state index contributed by atoms with van der Waals surface area (Å²) in [6.45, 7) is 0. The Hall–Kier alpha value is -5.70. The van der Waals surface area contributed by atoms with Crippen LogP contribution in [-0.2, 0) is 0 Å². The number of fused-ring (bicyclic) bond motifs is 3. The van der Waals surface area contributed by atoms with Crippen LogP contribution in [0.2, 0.25) is 0 Å². The molecule has 7 rings (SSSR count). The van der Waals surface area contributed by atoms with Gasteiger partial charge in [-0.15, -0.1) is 0 Å². The van der Waals surface area contributed by atoms with Crippen LogP contribution in [0.25, 0.3) is 44.7 Å². The summed E-state index contributed by atoms with van der Waals surface area (Å²) in [6.07, 6.45) is 0. The van der Waals surface area contributed by atoms with Crippen molar-refractivity contribution in [3.63, 3.8) is 0 Å². The lowest BCUT2D eigenvalue weighted by Crippen LogP contribution is -2.29. The van der Waals surface area contributed by atoms with Gasteiger partial charge in [-0.1, -0.05) is 36.4 Å². The number of carbonyl (C=O) groups is 2. The molecule has 3 heterocycles. The molecular weight excluding hydrogens is 498 g/mol. The van der Waals surface area contributed by atoms with E-state index in [0.717, 1.165) is 4.90 Å². The average Bonchev–Trinajstić information content (AvgIpc) is 3.22. The van der Waals surface area contributed by atoms with Crippen molar-refractivity contribution in [3.8, 4) is 22.9 Å². The molecule has 0 saturated heterocycles. The predicted octanol–water partition coefficient (Wildman–Crippen LogP) is 4.82. The van der Waals surface area contributed by atoms with Crippen molar-refractivity contribution < 1.29 is 18.4 Å². The largest absolute Gasteiger partial charge is 0.403 e. The molecule has 0 unspecified atom stereocenters. The maximum absolute atomic E-state index is 13.3. The van der Waals surface area contributed by atoms with Crippen LogP contribution in [0.5, 0.6) is 0 Å². The lowest BCUT2D eigenvalue weighted by Gasteiger charge is -2.16. The number of rotatable bonds is 3. The molecule has 186 valence electrons. The normalized spacial score (nSPS) is 12.9. The summed E-state index contributed by atoms with van der Waals surface area (Å²) in [5.74, 6) is -1.11. The highest BCUT2D eigenvalue weighted by atomic mass is 16.4. The highest BCUT2D eigenvalue weighted by molar-refractivity contribution is 6.34. The van der Waals surface area contributed by atoms with Gasteiger partial charge in [-0.25, -0.2) is 24.5 Å². The smallest absolute Gasteiger partial charge is 0.347 e. The topological polar surface area (TPSA) is 124 Å². The average molecular weight is 513 g/mol. The van der Waals surface area contributed by atoms with E-state index in [4.69, 9.17) is 8.83 Å². The quantitative estimate of drug-likeness (QED) is 0.309. The molecule has 0 saturated carbocycles. The van der Waals surface area contributed by atoms with E-state index in [9.17, 15) is 19.2 Å². The Morgan fingerprint density at radius 3 is 1.46 bits per heavy atom. The molecule has 0 N–H and O–H groups in total. The maximum atomic E-state index is 13.3. The van der Waals surface area contributed by atoms with Crippen LogP contribution in [0.1, 0.15) is 20.7 Å². The summed E-state index contributed by atoms with van der Waals surface area (Å²) in [6, 6.07) is 24.6. The molecule has 1 aliphatic rings. The summed E-state index contributed by atoms with van der Waals surface area (Å²) in [5, 5.41) is 0.611. The van der Waals surface area contributed by atoms with E-state index < -0.39 is 23.1 Å². The van der Waals surface area contributed by atoms with Crippen molar-refractivity contribution >= 4 is 39.3 Å². The maximum Gasteiger partial charge on any atom is 0.347 e. The van der Waals surface area contributed by atoms with Crippen LogP contribution >= 0.6 is 0 Å². The van der Waals surface area contributed by atoms with Crippen molar-refractivity contribution in [3.05, 3.63) is 123 Å². The van der Waals surface area contributed by atoms with E-state index in [1.54, 1.807) is 78.9 Å². The summed E-state index contributed by atoms with van der Waals surface area (Å²) < 4.78 is 11.1.